The lowest BCUT2D eigenvalue weighted by molar-refractivity contribution is 0.584. The van der Waals surface area contributed by atoms with Crippen LogP contribution in [-0.4, -0.2) is 21.5 Å². The Balaban J connectivity index is 0.000000810. The van der Waals surface area contributed by atoms with Crippen LogP contribution in [0, 0.1) is 6.92 Å². The molecule has 0 fully saturated rings. The van der Waals surface area contributed by atoms with Crippen LogP contribution in [0.1, 0.15) is 5.69 Å². The Labute approximate surface area is 65.8 Å². The first-order chi connectivity index (χ1) is 4.34. The highest BCUT2D eigenvalue weighted by atomic mass is 35.5. The molecule has 4 nitrogen and oxygen atoms in total. The summed E-state index contributed by atoms with van der Waals surface area (Å²) >= 11 is 0. The largest absolute Gasteiger partial charge is 0.329 e. The SMILES string of the molecule is Cc1cnnn1CCN.Cl. The first-order valence-corrected chi connectivity index (χ1v) is 2.89. The van der Waals surface area contributed by atoms with Crippen LogP contribution < -0.4 is 5.73 Å². The normalized spacial score (nSPS) is 9.00. The molecule has 0 saturated heterocycles. The predicted octanol–water partition coefficient (Wildman–Crippen LogP) is -0.0330. The van der Waals surface area contributed by atoms with Gasteiger partial charge in [0, 0.05) is 6.54 Å². The molecule has 1 heterocycles. The lowest BCUT2D eigenvalue weighted by Gasteiger charge is -1.96. The van der Waals surface area contributed by atoms with Gasteiger partial charge in [0.15, 0.2) is 0 Å². The van der Waals surface area contributed by atoms with Crippen molar-refractivity contribution in [1.29, 1.82) is 0 Å². The van der Waals surface area contributed by atoms with Crippen molar-refractivity contribution in [2.24, 2.45) is 5.73 Å². The Morgan fingerprint density at radius 2 is 2.40 bits per heavy atom. The summed E-state index contributed by atoms with van der Waals surface area (Å²) in [4.78, 5) is 0. The maximum absolute atomic E-state index is 5.30. The summed E-state index contributed by atoms with van der Waals surface area (Å²) in [5, 5.41) is 7.49. The minimum atomic E-state index is 0. The third-order valence-corrected chi connectivity index (χ3v) is 1.15. The fourth-order valence-corrected chi connectivity index (χ4v) is 0.652. The number of nitrogens with zero attached hydrogens (tertiary/aromatic N) is 3. The van der Waals surface area contributed by atoms with Gasteiger partial charge in [0.1, 0.15) is 0 Å². The van der Waals surface area contributed by atoms with Crippen LogP contribution in [0.15, 0.2) is 6.20 Å². The van der Waals surface area contributed by atoms with Crippen LogP contribution >= 0.6 is 12.4 Å². The molecule has 0 aromatic carbocycles. The van der Waals surface area contributed by atoms with E-state index in [2.05, 4.69) is 10.3 Å². The second-order valence-electron chi connectivity index (χ2n) is 1.89. The van der Waals surface area contributed by atoms with E-state index in [4.69, 9.17) is 5.73 Å². The van der Waals surface area contributed by atoms with Crippen LogP contribution in [0.3, 0.4) is 0 Å². The summed E-state index contributed by atoms with van der Waals surface area (Å²) in [6.45, 7) is 3.33. The zero-order chi connectivity index (χ0) is 6.69. The summed E-state index contributed by atoms with van der Waals surface area (Å²) in [6, 6.07) is 0. The van der Waals surface area contributed by atoms with Crippen LogP contribution in [-0.2, 0) is 6.54 Å². The molecule has 0 atom stereocenters. The average molecular weight is 163 g/mol. The molecule has 0 aliphatic rings. The molecule has 0 aliphatic heterocycles. The quantitative estimate of drug-likeness (QED) is 0.665. The van der Waals surface area contributed by atoms with Crippen molar-refractivity contribution in [2.75, 3.05) is 6.54 Å². The second kappa shape index (κ2) is 4.24. The van der Waals surface area contributed by atoms with Gasteiger partial charge in [-0.1, -0.05) is 5.21 Å². The predicted molar refractivity (Wildman–Crippen MR) is 41.1 cm³/mol. The number of halogens is 1. The van der Waals surface area contributed by atoms with E-state index >= 15 is 0 Å². The zero-order valence-corrected chi connectivity index (χ0v) is 6.64. The van der Waals surface area contributed by atoms with E-state index in [1.54, 1.807) is 10.9 Å². The van der Waals surface area contributed by atoms with Gasteiger partial charge in [0.2, 0.25) is 0 Å². The molecule has 0 aliphatic carbocycles. The molecule has 2 N–H and O–H groups in total. The van der Waals surface area contributed by atoms with Gasteiger partial charge in [0.25, 0.3) is 0 Å². The molecule has 0 amide bonds. The van der Waals surface area contributed by atoms with Gasteiger partial charge in [-0.25, -0.2) is 4.68 Å². The number of rotatable bonds is 2. The number of aromatic nitrogens is 3. The third kappa shape index (κ3) is 1.97. The van der Waals surface area contributed by atoms with E-state index in [9.17, 15) is 0 Å². The van der Waals surface area contributed by atoms with E-state index < -0.39 is 0 Å². The van der Waals surface area contributed by atoms with Gasteiger partial charge in [-0.05, 0) is 6.92 Å². The molecule has 1 aromatic rings. The van der Waals surface area contributed by atoms with Crippen molar-refractivity contribution in [3.63, 3.8) is 0 Å². The van der Waals surface area contributed by atoms with E-state index in [1.807, 2.05) is 6.92 Å². The van der Waals surface area contributed by atoms with Gasteiger partial charge in [-0.2, -0.15) is 0 Å². The summed E-state index contributed by atoms with van der Waals surface area (Å²) < 4.78 is 1.78. The first-order valence-electron chi connectivity index (χ1n) is 2.89. The minimum absolute atomic E-state index is 0. The highest BCUT2D eigenvalue weighted by Gasteiger charge is 1.93. The number of hydrogen-bond donors (Lipinski definition) is 1. The fraction of sp³-hybridized carbons (Fsp3) is 0.600. The lowest BCUT2D eigenvalue weighted by atomic mass is 10.5. The molecular weight excluding hydrogens is 152 g/mol. The van der Waals surface area contributed by atoms with E-state index in [-0.39, 0.29) is 12.4 Å². The van der Waals surface area contributed by atoms with Crippen LogP contribution in [0.2, 0.25) is 0 Å². The summed E-state index contributed by atoms with van der Waals surface area (Å²) in [5.74, 6) is 0. The first kappa shape index (κ1) is 9.39. The second-order valence-corrected chi connectivity index (χ2v) is 1.89. The van der Waals surface area contributed by atoms with Gasteiger partial charge in [-0.3, -0.25) is 0 Å². The summed E-state index contributed by atoms with van der Waals surface area (Å²) in [6.07, 6.45) is 1.72. The van der Waals surface area contributed by atoms with Crippen molar-refractivity contribution in [1.82, 2.24) is 15.0 Å². The van der Waals surface area contributed by atoms with Gasteiger partial charge in [0.05, 0.1) is 18.4 Å². The Hall–Kier alpha value is -0.610. The molecule has 5 heteroatoms. The number of hydrogen-bond acceptors (Lipinski definition) is 3. The Morgan fingerprint density at radius 3 is 2.80 bits per heavy atom. The maximum Gasteiger partial charge on any atom is 0.0722 e. The standard InChI is InChI=1S/C5H10N4.ClH/c1-5-4-7-8-9(5)3-2-6;/h4H,2-3,6H2,1H3;1H. The fourth-order valence-electron chi connectivity index (χ4n) is 0.652. The maximum atomic E-state index is 5.30. The summed E-state index contributed by atoms with van der Waals surface area (Å²) in [5.41, 5.74) is 6.36. The van der Waals surface area contributed by atoms with E-state index in [1.165, 1.54) is 0 Å². The molecule has 0 unspecified atom stereocenters. The van der Waals surface area contributed by atoms with E-state index in [0.29, 0.717) is 6.54 Å². The summed E-state index contributed by atoms with van der Waals surface area (Å²) in [7, 11) is 0. The lowest BCUT2D eigenvalue weighted by Crippen LogP contribution is -2.12. The molecule has 0 saturated carbocycles. The van der Waals surface area contributed by atoms with Crippen molar-refractivity contribution in [2.45, 2.75) is 13.5 Å². The Morgan fingerprint density at radius 1 is 1.70 bits per heavy atom. The average Bonchev–Trinajstić information content (AvgIpc) is 2.18. The van der Waals surface area contributed by atoms with Gasteiger partial charge >= 0.3 is 0 Å². The third-order valence-electron chi connectivity index (χ3n) is 1.15. The van der Waals surface area contributed by atoms with Gasteiger partial charge < -0.3 is 5.73 Å². The smallest absolute Gasteiger partial charge is 0.0722 e. The van der Waals surface area contributed by atoms with E-state index in [0.717, 1.165) is 12.2 Å². The minimum Gasteiger partial charge on any atom is -0.329 e. The molecule has 10 heavy (non-hydrogen) atoms. The molecule has 0 radical (unpaired) electrons. The topological polar surface area (TPSA) is 56.7 Å². The van der Waals surface area contributed by atoms with Crippen molar-refractivity contribution >= 4 is 12.4 Å². The highest BCUT2D eigenvalue weighted by molar-refractivity contribution is 5.85. The number of nitrogens with two attached hydrogens (primary N) is 1. The molecule has 0 spiro atoms. The zero-order valence-electron chi connectivity index (χ0n) is 5.82. The van der Waals surface area contributed by atoms with Crippen molar-refractivity contribution in [3.8, 4) is 0 Å². The highest BCUT2D eigenvalue weighted by Crippen LogP contribution is 1.89. The monoisotopic (exact) mass is 162 g/mol. The van der Waals surface area contributed by atoms with Crippen molar-refractivity contribution in [3.05, 3.63) is 11.9 Å². The Bertz CT molecular complexity index is 186. The van der Waals surface area contributed by atoms with Gasteiger partial charge in [-0.15, -0.1) is 17.5 Å². The van der Waals surface area contributed by atoms with Crippen molar-refractivity contribution < 1.29 is 0 Å². The molecule has 0 bridgehead atoms. The molecular formula is C5H11ClN4. The molecule has 58 valence electrons. The number of aryl methyl sites for hydroxylation is 1. The van der Waals surface area contributed by atoms with Crippen LogP contribution in [0.25, 0.3) is 0 Å². The van der Waals surface area contributed by atoms with Crippen LogP contribution in [0.5, 0.6) is 0 Å². The molecule has 1 aromatic heterocycles. The Kier molecular flexibility index (Phi) is 3.99. The molecule has 1 rings (SSSR count). The van der Waals surface area contributed by atoms with Crippen LogP contribution in [0.4, 0.5) is 0 Å².